The zero-order valence-electron chi connectivity index (χ0n) is 14.1. The van der Waals surface area contributed by atoms with Crippen molar-refractivity contribution in [2.45, 2.75) is 6.61 Å². The molecule has 0 saturated carbocycles. The van der Waals surface area contributed by atoms with E-state index in [-0.39, 0.29) is 24.0 Å². The number of carbonyl (C=O) groups is 1. The van der Waals surface area contributed by atoms with Crippen LogP contribution in [0.5, 0.6) is 11.5 Å². The number of halogens is 2. The van der Waals surface area contributed by atoms with Crippen LogP contribution in [0, 0.1) is 5.82 Å². The molecule has 0 fully saturated rings. The monoisotopic (exact) mass is 380 g/mol. The van der Waals surface area contributed by atoms with Crippen molar-refractivity contribution in [1.82, 2.24) is 0 Å². The molecule has 134 valence electrons. The summed E-state index contributed by atoms with van der Waals surface area (Å²) in [6.07, 6.45) is 1.66. The van der Waals surface area contributed by atoms with E-state index in [1.54, 1.807) is 48.5 Å². The molecular weight excluding hydrogens is 367 g/mol. The van der Waals surface area contributed by atoms with Crippen molar-refractivity contribution >= 4 is 23.5 Å². The van der Waals surface area contributed by atoms with Crippen LogP contribution in [0.4, 0.5) is 4.39 Å². The predicted molar refractivity (Wildman–Crippen MR) is 102 cm³/mol. The average molecular weight is 381 g/mol. The third kappa shape index (κ3) is 3.86. The summed E-state index contributed by atoms with van der Waals surface area (Å²) in [6.45, 7) is 0.290. The first-order valence-electron chi connectivity index (χ1n) is 8.29. The van der Waals surface area contributed by atoms with Crippen LogP contribution in [0.3, 0.4) is 0 Å². The molecule has 0 N–H and O–H groups in total. The lowest BCUT2D eigenvalue weighted by Crippen LogP contribution is -1.98. The Hall–Kier alpha value is -3.11. The molecule has 0 unspecified atom stereocenters. The van der Waals surface area contributed by atoms with E-state index in [0.29, 0.717) is 22.1 Å². The van der Waals surface area contributed by atoms with E-state index < -0.39 is 0 Å². The average Bonchev–Trinajstić information content (AvgIpc) is 2.96. The van der Waals surface area contributed by atoms with Gasteiger partial charge in [-0.1, -0.05) is 35.9 Å². The molecule has 0 amide bonds. The summed E-state index contributed by atoms with van der Waals surface area (Å²) in [5.74, 6) is 0.778. The number of allylic oxidation sites excluding steroid dienone is 1. The lowest BCUT2D eigenvalue weighted by Gasteiger charge is -2.07. The van der Waals surface area contributed by atoms with Gasteiger partial charge in [0.2, 0.25) is 5.78 Å². The van der Waals surface area contributed by atoms with Crippen LogP contribution in [0.15, 0.2) is 72.5 Å². The molecule has 1 aliphatic rings. The highest BCUT2D eigenvalue weighted by atomic mass is 35.5. The van der Waals surface area contributed by atoms with Gasteiger partial charge < -0.3 is 9.47 Å². The first kappa shape index (κ1) is 17.3. The Morgan fingerprint density at radius 1 is 1.04 bits per heavy atom. The molecule has 27 heavy (non-hydrogen) atoms. The third-order valence-corrected chi connectivity index (χ3v) is 4.34. The molecule has 1 aliphatic heterocycles. The van der Waals surface area contributed by atoms with Crippen molar-refractivity contribution in [2.24, 2.45) is 0 Å². The first-order valence-corrected chi connectivity index (χ1v) is 8.67. The second kappa shape index (κ2) is 7.25. The van der Waals surface area contributed by atoms with E-state index in [1.807, 2.05) is 12.1 Å². The summed E-state index contributed by atoms with van der Waals surface area (Å²) in [5.41, 5.74) is 2.11. The Balaban J connectivity index is 1.51. The second-order valence-corrected chi connectivity index (χ2v) is 6.50. The fraction of sp³-hybridized carbons (Fsp3) is 0.0455. The Morgan fingerprint density at radius 2 is 1.85 bits per heavy atom. The number of fused-ring (bicyclic) bond motifs is 1. The van der Waals surface area contributed by atoms with E-state index in [9.17, 15) is 9.18 Å². The van der Waals surface area contributed by atoms with Crippen LogP contribution in [0.25, 0.3) is 6.08 Å². The molecule has 1 heterocycles. The number of ether oxygens (including phenoxy) is 2. The lowest BCUT2D eigenvalue weighted by atomic mass is 10.1. The molecule has 0 aromatic heterocycles. The molecule has 3 aromatic carbocycles. The van der Waals surface area contributed by atoms with Gasteiger partial charge in [-0.2, -0.15) is 0 Å². The molecule has 0 atom stereocenters. The standard InChI is InChI=1S/C22H14ClFO3/c23-16-3-1-2-15(10-16)11-21-22(25)19-9-8-18(12-20(19)27-21)26-13-14-4-6-17(24)7-5-14/h1-12H,13H2. The largest absolute Gasteiger partial charge is 0.489 e. The van der Waals surface area contributed by atoms with Crippen LogP contribution < -0.4 is 9.47 Å². The molecule has 3 aromatic rings. The summed E-state index contributed by atoms with van der Waals surface area (Å²) in [4.78, 5) is 12.5. The molecule has 0 spiro atoms. The second-order valence-electron chi connectivity index (χ2n) is 6.07. The van der Waals surface area contributed by atoms with Crippen molar-refractivity contribution < 1.29 is 18.7 Å². The highest BCUT2D eigenvalue weighted by Gasteiger charge is 2.27. The van der Waals surface area contributed by atoms with Crippen molar-refractivity contribution in [3.8, 4) is 11.5 Å². The third-order valence-electron chi connectivity index (χ3n) is 4.11. The van der Waals surface area contributed by atoms with Crippen LogP contribution >= 0.6 is 11.6 Å². The molecular formula is C22H14ClFO3. The molecule has 0 radical (unpaired) electrons. The normalized spacial score (nSPS) is 14.1. The van der Waals surface area contributed by atoms with Gasteiger partial charge in [0.05, 0.1) is 5.56 Å². The minimum absolute atomic E-state index is 0.185. The number of Topliss-reactive ketones (excluding diaryl/α,β-unsaturated/α-hetero) is 1. The van der Waals surface area contributed by atoms with Crippen LogP contribution in [0.1, 0.15) is 21.5 Å². The van der Waals surface area contributed by atoms with Gasteiger partial charge in [0.25, 0.3) is 0 Å². The lowest BCUT2D eigenvalue weighted by molar-refractivity contribution is 0.101. The van der Waals surface area contributed by atoms with Gasteiger partial charge >= 0.3 is 0 Å². The number of rotatable bonds is 4. The smallest absolute Gasteiger partial charge is 0.231 e. The maximum absolute atomic E-state index is 12.9. The van der Waals surface area contributed by atoms with Gasteiger partial charge in [-0.3, -0.25) is 4.79 Å². The van der Waals surface area contributed by atoms with E-state index in [2.05, 4.69) is 0 Å². The summed E-state index contributed by atoms with van der Waals surface area (Å²) in [5, 5.41) is 0.587. The maximum atomic E-state index is 12.9. The number of hydrogen-bond donors (Lipinski definition) is 0. The van der Waals surface area contributed by atoms with Gasteiger partial charge in [-0.05, 0) is 53.6 Å². The first-order chi connectivity index (χ1) is 13.1. The van der Waals surface area contributed by atoms with Gasteiger partial charge in [0.1, 0.15) is 23.9 Å². The fourth-order valence-electron chi connectivity index (χ4n) is 2.75. The predicted octanol–water partition coefficient (Wildman–Crippen LogP) is 5.67. The zero-order valence-corrected chi connectivity index (χ0v) is 14.9. The fourth-order valence-corrected chi connectivity index (χ4v) is 2.95. The molecule has 0 saturated heterocycles. The summed E-state index contributed by atoms with van der Waals surface area (Å²) >= 11 is 5.98. The van der Waals surface area contributed by atoms with Crippen molar-refractivity contribution in [2.75, 3.05) is 0 Å². The summed E-state index contributed by atoms with van der Waals surface area (Å²) in [7, 11) is 0. The van der Waals surface area contributed by atoms with E-state index >= 15 is 0 Å². The van der Waals surface area contributed by atoms with Gasteiger partial charge in [-0.25, -0.2) is 4.39 Å². The number of ketones is 1. The summed E-state index contributed by atoms with van der Waals surface area (Å²) in [6, 6.07) is 18.3. The Kier molecular flexibility index (Phi) is 4.65. The van der Waals surface area contributed by atoms with E-state index in [4.69, 9.17) is 21.1 Å². The zero-order chi connectivity index (χ0) is 18.8. The highest BCUT2D eigenvalue weighted by Crippen LogP contribution is 2.35. The minimum Gasteiger partial charge on any atom is -0.489 e. The van der Waals surface area contributed by atoms with Crippen LogP contribution in [-0.2, 0) is 6.61 Å². The topological polar surface area (TPSA) is 35.5 Å². The molecule has 0 aliphatic carbocycles. The number of benzene rings is 3. The van der Waals surface area contributed by atoms with Crippen molar-refractivity contribution in [1.29, 1.82) is 0 Å². The minimum atomic E-state index is -0.290. The Bertz CT molecular complexity index is 1040. The van der Waals surface area contributed by atoms with Crippen LogP contribution in [-0.4, -0.2) is 5.78 Å². The van der Waals surface area contributed by atoms with Crippen LogP contribution in [0.2, 0.25) is 5.02 Å². The molecule has 3 nitrogen and oxygen atoms in total. The van der Waals surface area contributed by atoms with Gasteiger partial charge in [0.15, 0.2) is 5.76 Å². The quantitative estimate of drug-likeness (QED) is 0.547. The molecule has 0 bridgehead atoms. The number of hydrogen-bond acceptors (Lipinski definition) is 3. The van der Waals surface area contributed by atoms with E-state index in [0.717, 1.165) is 11.1 Å². The Morgan fingerprint density at radius 3 is 2.63 bits per heavy atom. The molecule has 4 rings (SSSR count). The summed E-state index contributed by atoms with van der Waals surface area (Å²) < 4.78 is 24.4. The van der Waals surface area contributed by atoms with Gasteiger partial charge in [-0.15, -0.1) is 0 Å². The van der Waals surface area contributed by atoms with Crippen molar-refractivity contribution in [3.05, 3.63) is 100 Å². The number of carbonyl (C=O) groups excluding carboxylic acids is 1. The SMILES string of the molecule is O=C1C(=Cc2cccc(Cl)c2)Oc2cc(OCc3ccc(F)cc3)ccc21. The Labute approximate surface area is 160 Å². The molecule has 5 heteroatoms. The van der Waals surface area contributed by atoms with Gasteiger partial charge in [0, 0.05) is 11.1 Å². The maximum Gasteiger partial charge on any atom is 0.231 e. The van der Waals surface area contributed by atoms with E-state index in [1.165, 1.54) is 12.1 Å². The van der Waals surface area contributed by atoms with Crippen molar-refractivity contribution in [3.63, 3.8) is 0 Å². The highest BCUT2D eigenvalue weighted by molar-refractivity contribution is 6.30.